The topological polar surface area (TPSA) is 75.7 Å². The Kier molecular flexibility index (Phi) is 6.42. The Hall–Kier alpha value is -3.32. The number of rotatable bonds is 7. The number of sulfonamides is 1. The zero-order valence-electron chi connectivity index (χ0n) is 17.1. The van der Waals surface area contributed by atoms with Gasteiger partial charge < -0.3 is 10.1 Å². The van der Waals surface area contributed by atoms with Gasteiger partial charge in [-0.15, -0.1) is 0 Å². The molecule has 0 spiro atoms. The van der Waals surface area contributed by atoms with E-state index in [2.05, 4.69) is 5.32 Å². The summed E-state index contributed by atoms with van der Waals surface area (Å²) in [7, 11) is -2.37. The summed E-state index contributed by atoms with van der Waals surface area (Å²) in [5.74, 6) is 0.0235. The van der Waals surface area contributed by atoms with E-state index in [4.69, 9.17) is 4.74 Å². The van der Waals surface area contributed by atoms with E-state index in [-0.39, 0.29) is 23.0 Å². The van der Waals surface area contributed by atoms with Crippen LogP contribution in [-0.2, 0) is 10.0 Å². The predicted octanol–water partition coefficient (Wildman–Crippen LogP) is 4.47. The summed E-state index contributed by atoms with van der Waals surface area (Å²) in [5.41, 5.74) is 2.36. The molecule has 0 fully saturated rings. The van der Waals surface area contributed by atoms with Crippen LogP contribution in [0.25, 0.3) is 0 Å². The molecular formula is C23H24N2O4S. The predicted molar refractivity (Wildman–Crippen MR) is 119 cm³/mol. The average Bonchev–Trinajstić information content (AvgIpc) is 2.75. The first kappa shape index (κ1) is 21.4. The molecule has 0 bridgehead atoms. The Bertz CT molecular complexity index is 1130. The molecule has 3 rings (SSSR count). The van der Waals surface area contributed by atoms with Crippen molar-refractivity contribution >= 4 is 27.3 Å². The summed E-state index contributed by atoms with van der Waals surface area (Å²) >= 11 is 0. The minimum atomic E-state index is -3.83. The smallest absolute Gasteiger partial charge is 0.264 e. The van der Waals surface area contributed by atoms with E-state index in [1.807, 2.05) is 25.1 Å². The molecule has 0 aliphatic carbocycles. The summed E-state index contributed by atoms with van der Waals surface area (Å²) in [6.45, 7) is 3.98. The Morgan fingerprint density at radius 1 is 1.00 bits per heavy atom. The van der Waals surface area contributed by atoms with Crippen LogP contribution >= 0.6 is 0 Å². The van der Waals surface area contributed by atoms with Crippen LogP contribution in [0.1, 0.15) is 22.8 Å². The van der Waals surface area contributed by atoms with Gasteiger partial charge in [-0.05, 0) is 56.3 Å². The normalized spacial score (nSPS) is 11.0. The third-order valence-corrected chi connectivity index (χ3v) is 6.55. The molecule has 1 amide bonds. The van der Waals surface area contributed by atoms with Crippen molar-refractivity contribution in [2.75, 3.05) is 23.3 Å². The molecule has 3 aromatic rings. The number of amides is 1. The summed E-state index contributed by atoms with van der Waals surface area (Å²) in [4.78, 5) is 12.7. The molecular weight excluding hydrogens is 400 g/mol. The lowest BCUT2D eigenvalue weighted by Crippen LogP contribution is -2.30. The monoisotopic (exact) mass is 424 g/mol. The third kappa shape index (κ3) is 4.46. The van der Waals surface area contributed by atoms with Gasteiger partial charge >= 0.3 is 0 Å². The highest BCUT2D eigenvalue weighted by Gasteiger charge is 2.25. The Morgan fingerprint density at radius 3 is 2.27 bits per heavy atom. The molecule has 0 atom stereocenters. The van der Waals surface area contributed by atoms with Crippen molar-refractivity contribution in [2.45, 2.75) is 18.7 Å². The fraction of sp³-hybridized carbons (Fsp3) is 0.174. The number of ether oxygens (including phenoxy) is 1. The first-order valence-corrected chi connectivity index (χ1v) is 10.9. The lowest BCUT2D eigenvalue weighted by atomic mass is 10.1. The molecule has 0 aromatic heterocycles. The van der Waals surface area contributed by atoms with Crippen molar-refractivity contribution < 1.29 is 17.9 Å². The van der Waals surface area contributed by atoms with Crippen molar-refractivity contribution in [2.24, 2.45) is 0 Å². The maximum absolute atomic E-state index is 13.3. The zero-order chi connectivity index (χ0) is 21.7. The maximum atomic E-state index is 13.3. The first-order chi connectivity index (χ1) is 14.4. The van der Waals surface area contributed by atoms with Crippen LogP contribution in [0.4, 0.5) is 11.4 Å². The van der Waals surface area contributed by atoms with Gasteiger partial charge in [0.2, 0.25) is 0 Å². The fourth-order valence-electron chi connectivity index (χ4n) is 3.06. The van der Waals surface area contributed by atoms with Crippen LogP contribution in [0.3, 0.4) is 0 Å². The summed E-state index contributed by atoms with van der Waals surface area (Å²) in [6.07, 6.45) is 0. The van der Waals surface area contributed by atoms with Gasteiger partial charge in [-0.2, -0.15) is 0 Å². The number of para-hydroxylation sites is 1. The molecule has 3 aromatic carbocycles. The summed E-state index contributed by atoms with van der Waals surface area (Å²) in [6, 6.07) is 20.4. The second-order valence-electron chi connectivity index (χ2n) is 6.69. The fourth-order valence-corrected chi connectivity index (χ4v) is 4.56. The quantitative estimate of drug-likeness (QED) is 0.607. The number of aryl methyl sites for hydroxylation is 1. The second kappa shape index (κ2) is 9.00. The van der Waals surface area contributed by atoms with Gasteiger partial charge in [0, 0.05) is 12.1 Å². The SMILES string of the molecule is CCN(c1ccccc1)S(=O)(=O)c1ccc(OC)c(NC(=O)c2ccc(C)cc2)c1. The van der Waals surface area contributed by atoms with Crippen molar-refractivity contribution in [1.82, 2.24) is 0 Å². The largest absolute Gasteiger partial charge is 0.495 e. The molecule has 1 N–H and O–H groups in total. The molecule has 156 valence electrons. The van der Waals surface area contributed by atoms with Crippen molar-refractivity contribution in [3.63, 3.8) is 0 Å². The molecule has 0 saturated carbocycles. The summed E-state index contributed by atoms with van der Waals surface area (Å²) in [5, 5.41) is 2.76. The van der Waals surface area contributed by atoms with Crippen molar-refractivity contribution in [1.29, 1.82) is 0 Å². The van der Waals surface area contributed by atoms with Crippen LogP contribution in [0.5, 0.6) is 5.75 Å². The Labute approximate surface area is 177 Å². The van der Waals surface area contributed by atoms with Crippen molar-refractivity contribution in [3.8, 4) is 5.75 Å². The highest BCUT2D eigenvalue weighted by molar-refractivity contribution is 7.92. The van der Waals surface area contributed by atoms with Gasteiger partial charge in [0.15, 0.2) is 0 Å². The van der Waals surface area contributed by atoms with E-state index in [1.54, 1.807) is 43.3 Å². The minimum absolute atomic E-state index is 0.0632. The van der Waals surface area contributed by atoms with E-state index in [0.717, 1.165) is 5.56 Å². The van der Waals surface area contributed by atoms with E-state index >= 15 is 0 Å². The Morgan fingerprint density at radius 2 is 1.67 bits per heavy atom. The molecule has 30 heavy (non-hydrogen) atoms. The number of anilines is 2. The van der Waals surface area contributed by atoms with Gasteiger partial charge in [0.25, 0.3) is 15.9 Å². The number of carbonyl (C=O) groups excluding carboxylic acids is 1. The third-order valence-electron chi connectivity index (χ3n) is 4.65. The van der Waals surface area contributed by atoms with Crippen LogP contribution in [0.2, 0.25) is 0 Å². The molecule has 0 saturated heterocycles. The lowest BCUT2D eigenvalue weighted by molar-refractivity contribution is 0.102. The lowest BCUT2D eigenvalue weighted by Gasteiger charge is -2.23. The van der Waals surface area contributed by atoms with Crippen LogP contribution in [-0.4, -0.2) is 28.0 Å². The van der Waals surface area contributed by atoms with Gasteiger partial charge in [-0.3, -0.25) is 9.10 Å². The van der Waals surface area contributed by atoms with Crippen LogP contribution in [0, 0.1) is 6.92 Å². The molecule has 0 aliphatic heterocycles. The van der Waals surface area contributed by atoms with Gasteiger partial charge in [-0.25, -0.2) is 8.42 Å². The molecule has 0 aliphatic rings. The van der Waals surface area contributed by atoms with Crippen LogP contribution in [0.15, 0.2) is 77.7 Å². The number of nitrogens with one attached hydrogen (secondary N) is 1. The van der Waals surface area contributed by atoms with Gasteiger partial charge in [0.1, 0.15) is 5.75 Å². The number of hydrogen-bond donors (Lipinski definition) is 1. The number of hydrogen-bond acceptors (Lipinski definition) is 4. The molecule has 0 unspecified atom stereocenters. The highest BCUT2D eigenvalue weighted by atomic mass is 32.2. The molecule has 6 nitrogen and oxygen atoms in total. The maximum Gasteiger partial charge on any atom is 0.264 e. The number of benzene rings is 3. The minimum Gasteiger partial charge on any atom is -0.495 e. The second-order valence-corrected chi connectivity index (χ2v) is 8.55. The molecule has 7 heteroatoms. The highest BCUT2D eigenvalue weighted by Crippen LogP contribution is 2.31. The number of nitrogens with zero attached hydrogens (tertiary/aromatic N) is 1. The van der Waals surface area contributed by atoms with E-state index < -0.39 is 10.0 Å². The van der Waals surface area contributed by atoms with Crippen LogP contribution < -0.4 is 14.4 Å². The van der Waals surface area contributed by atoms with E-state index in [0.29, 0.717) is 17.0 Å². The van der Waals surface area contributed by atoms with Gasteiger partial charge in [0.05, 0.1) is 23.4 Å². The van der Waals surface area contributed by atoms with Gasteiger partial charge in [-0.1, -0.05) is 35.9 Å². The van der Waals surface area contributed by atoms with E-state index in [1.165, 1.54) is 29.6 Å². The average molecular weight is 425 g/mol. The first-order valence-electron chi connectivity index (χ1n) is 9.50. The van der Waals surface area contributed by atoms with Crippen molar-refractivity contribution in [3.05, 3.63) is 83.9 Å². The standard InChI is InChI=1S/C23H24N2O4S/c1-4-25(19-8-6-5-7-9-19)30(27,28)20-14-15-22(29-3)21(16-20)24-23(26)18-12-10-17(2)11-13-18/h5-16H,4H2,1-3H3,(H,24,26). The Balaban J connectivity index is 1.97. The summed E-state index contributed by atoms with van der Waals surface area (Å²) < 4.78 is 33.2. The molecule has 0 heterocycles. The van der Waals surface area contributed by atoms with E-state index in [9.17, 15) is 13.2 Å². The molecule has 0 radical (unpaired) electrons. The zero-order valence-corrected chi connectivity index (χ0v) is 17.9. The number of carbonyl (C=O) groups is 1. The number of methoxy groups -OCH3 is 1.